The van der Waals surface area contributed by atoms with Crippen molar-refractivity contribution in [1.82, 2.24) is 0 Å². The van der Waals surface area contributed by atoms with Crippen molar-refractivity contribution < 1.29 is 22.7 Å². The molecular formula is C19H18ClNO5S. The van der Waals surface area contributed by atoms with Crippen molar-refractivity contribution in [3.05, 3.63) is 53.1 Å². The van der Waals surface area contributed by atoms with E-state index < -0.39 is 16.0 Å². The topological polar surface area (TPSA) is 81.7 Å². The zero-order chi connectivity index (χ0) is 19.9. The lowest BCUT2D eigenvalue weighted by Gasteiger charge is -2.13. The van der Waals surface area contributed by atoms with Crippen LogP contribution in [-0.4, -0.2) is 28.6 Å². The van der Waals surface area contributed by atoms with Gasteiger partial charge in [0.25, 0.3) is 10.0 Å². The van der Waals surface area contributed by atoms with E-state index >= 15 is 0 Å². The zero-order valence-electron chi connectivity index (χ0n) is 14.8. The molecule has 0 atom stereocenters. The summed E-state index contributed by atoms with van der Waals surface area (Å²) in [4.78, 5) is 11.1. The molecule has 27 heavy (non-hydrogen) atoms. The van der Waals surface area contributed by atoms with Crippen molar-refractivity contribution in [1.29, 1.82) is 0 Å². The van der Waals surface area contributed by atoms with Gasteiger partial charge in [-0.3, -0.25) is 4.72 Å². The monoisotopic (exact) mass is 407 g/mol. The molecule has 8 heteroatoms. The van der Waals surface area contributed by atoms with Gasteiger partial charge in [-0.25, -0.2) is 13.2 Å². The number of carbonyl (C=O) groups excluding carboxylic acids is 1. The third-order valence-electron chi connectivity index (χ3n) is 3.56. The molecule has 0 heterocycles. The fourth-order valence-electron chi connectivity index (χ4n) is 2.22. The van der Waals surface area contributed by atoms with Gasteiger partial charge in [0.05, 0.1) is 24.8 Å². The highest BCUT2D eigenvalue weighted by atomic mass is 35.5. The highest BCUT2D eigenvalue weighted by molar-refractivity contribution is 7.92. The number of esters is 1. The molecule has 1 N–H and O–H groups in total. The van der Waals surface area contributed by atoms with E-state index in [9.17, 15) is 13.2 Å². The summed E-state index contributed by atoms with van der Waals surface area (Å²) in [6, 6.07) is 11.0. The molecule has 0 aliphatic rings. The van der Waals surface area contributed by atoms with Gasteiger partial charge < -0.3 is 9.47 Å². The molecule has 0 saturated heterocycles. The van der Waals surface area contributed by atoms with Gasteiger partial charge in [0.2, 0.25) is 0 Å². The van der Waals surface area contributed by atoms with Gasteiger partial charge in [-0.2, -0.15) is 0 Å². The molecular weight excluding hydrogens is 390 g/mol. The lowest BCUT2D eigenvalue weighted by molar-refractivity contribution is -0.133. The quantitative estimate of drug-likeness (QED) is 0.451. The van der Waals surface area contributed by atoms with Crippen LogP contribution in [0.4, 0.5) is 5.69 Å². The summed E-state index contributed by atoms with van der Waals surface area (Å²) in [5.41, 5.74) is 1.05. The van der Waals surface area contributed by atoms with Crippen molar-refractivity contribution in [2.45, 2.75) is 17.7 Å². The maximum absolute atomic E-state index is 12.7. The van der Waals surface area contributed by atoms with Gasteiger partial charge >= 0.3 is 5.97 Å². The van der Waals surface area contributed by atoms with Gasteiger partial charge in [0.15, 0.2) is 0 Å². The fourth-order valence-corrected chi connectivity index (χ4v) is 3.55. The summed E-state index contributed by atoms with van der Waals surface area (Å²) < 4.78 is 37.4. The molecule has 0 aliphatic heterocycles. The lowest BCUT2D eigenvalue weighted by Crippen LogP contribution is -2.14. The van der Waals surface area contributed by atoms with E-state index in [0.29, 0.717) is 34.9 Å². The van der Waals surface area contributed by atoms with Crippen LogP contribution < -0.4 is 9.46 Å². The van der Waals surface area contributed by atoms with Crippen molar-refractivity contribution in [2.24, 2.45) is 0 Å². The molecule has 0 radical (unpaired) electrons. The predicted octanol–water partition coefficient (Wildman–Crippen LogP) is 3.26. The summed E-state index contributed by atoms with van der Waals surface area (Å²) in [6.07, 6.45) is 0.740. The molecule has 0 bridgehead atoms. The third-order valence-corrected chi connectivity index (χ3v) is 5.16. The molecule has 6 nitrogen and oxygen atoms in total. The van der Waals surface area contributed by atoms with E-state index in [-0.39, 0.29) is 4.90 Å². The summed E-state index contributed by atoms with van der Waals surface area (Å²) >= 11 is 6.03. The summed E-state index contributed by atoms with van der Waals surface area (Å²) in [5.74, 6) is 4.82. The van der Waals surface area contributed by atoms with Gasteiger partial charge in [-0.1, -0.05) is 23.6 Å². The van der Waals surface area contributed by atoms with Gasteiger partial charge in [0, 0.05) is 23.4 Å². The SMILES string of the molecule is COC(=O)C#CCCc1cc(Cl)ccc1NS(=O)(=O)c1cccc(OC)c1. The molecule has 0 aromatic heterocycles. The van der Waals surface area contributed by atoms with Gasteiger partial charge in [-0.05, 0) is 42.3 Å². The standard InChI is InChI=1S/C19H18ClNO5S/c1-25-16-7-5-8-17(13-16)27(23,24)21-18-11-10-15(20)12-14(18)6-3-4-9-19(22)26-2/h5,7-8,10-13,21H,3,6H2,1-2H3. The average Bonchev–Trinajstić information content (AvgIpc) is 2.66. The molecule has 0 spiro atoms. The van der Waals surface area contributed by atoms with E-state index in [1.807, 2.05) is 0 Å². The molecule has 142 valence electrons. The van der Waals surface area contributed by atoms with E-state index in [2.05, 4.69) is 21.3 Å². The van der Waals surface area contributed by atoms with Gasteiger partial charge in [-0.15, -0.1) is 0 Å². The Balaban J connectivity index is 2.24. The Kier molecular flexibility index (Phi) is 7.11. The van der Waals surface area contributed by atoms with Crippen molar-refractivity contribution in [2.75, 3.05) is 18.9 Å². The maximum atomic E-state index is 12.7. The number of anilines is 1. The number of hydrogen-bond donors (Lipinski definition) is 1. The summed E-state index contributed by atoms with van der Waals surface area (Å²) in [7, 11) is -1.10. The number of aryl methyl sites for hydroxylation is 1. The lowest BCUT2D eigenvalue weighted by atomic mass is 10.1. The Morgan fingerprint density at radius 2 is 1.96 bits per heavy atom. The molecule has 2 rings (SSSR count). The first kappa shape index (κ1) is 20.6. The minimum atomic E-state index is -3.81. The fraction of sp³-hybridized carbons (Fsp3) is 0.211. The second kappa shape index (κ2) is 9.31. The van der Waals surface area contributed by atoms with Crippen LogP contribution in [0.1, 0.15) is 12.0 Å². The first-order valence-corrected chi connectivity index (χ1v) is 9.74. The third kappa shape index (κ3) is 5.91. The first-order chi connectivity index (χ1) is 12.9. The Bertz CT molecular complexity index is 993. The number of ether oxygens (including phenoxy) is 2. The van der Waals surface area contributed by atoms with Crippen LogP contribution in [0.25, 0.3) is 0 Å². The Morgan fingerprint density at radius 3 is 2.67 bits per heavy atom. The molecule has 2 aromatic rings. The van der Waals surface area contributed by atoms with Crippen molar-refractivity contribution in [3.8, 4) is 17.6 Å². The van der Waals surface area contributed by atoms with Crippen LogP contribution >= 0.6 is 11.6 Å². The normalized spacial score (nSPS) is 10.5. The average molecular weight is 408 g/mol. The van der Waals surface area contributed by atoms with Crippen molar-refractivity contribution >= 4 is 33.3 Å². The van der Waals surface area contributed by atoms with Crippen LogP contribution in [0.2, 0.25) is 5.02 Å². The van der Waals surface area contributed by atoms with E-state index in [1.165, 1.54) is 26.4 Å². The minimum Gasteiger partial charge on any atom is -0.497 e. The second-order valence-electron chi connectivity index (χ2n) is 5.38. The number of hydrogen-bond acceptors (Lipinski definition) is 5. The second-order valence-corrected chi connectivity index (χ2v) is 7.50. The number of carbonyl (C=O) groups is 1. The van der Waals surface area contributed by atoms with E-state index in [1.54, 1.807) is 30.3 Å². The Hall–Kier alpha value is -2.69. The smallest absolute Gasteiger partial charge is 0.384 e. The number of sulfonamides is 1. The number of halogens is 1. The zero-order valence-corrected chi connectivity index (χ0v) is 16.4. The maximum Gasteiger partial charge on any atom is 0.384 e. The van der Waals surface area contributed by atoms with Gasteiger partial charge in [0.1, 0.15) is 5.75 Å². The molecule has 0 unspecified atom stereocenters. The number of benzene rings is 2. The summed E-state index contributed by atoms with van der Waals surface area (Å²) in [5, 5.41) is 0.468. The molecule has 0 aliphatic carbocycles. The molecule has 0 saturated carbocycles. The Labute approximate surface area is 163 Å². The van der Waals surface area contributed by atoms with Crippen LogP contribution in [0, 0.1) is 11.8 Å². The summed E-state index contributed by atoms with van der Waals surface area (Å²) in [6.45, 7) is 0. The molecule has 2 aromatic carbocycles. The van der Waals surface area contributed by atoms with Crippen LogP contribution in [-0.2, 0) is 26.0 Å². The Morgan fingerprint density at radius 1 is 1.19 bits per heavy atom. The van der Waals surface area contributed by atoms with Crippen LogP contribution in [0.5, 0.6) is 5.75 Å². The minimum absolute atomic E-state index is 0.0771. The highest BCUT2D eigenvalue weighted by Gasteiger charge is 2.17. The molecule has 0 amide bonds. The van der Waals surface area contributed by atoms with Crippen LogP contribution in [0.3, 0.4) is 0 Å². The predicted molar refractivity (Wildman–Crippen MR) is 103 cm³/mol. The highest BCUT2D eigenvalue weighted by Crippen LogP contribution is 2.26. The number of rotatable bonds is 6. The largest absolute Gasteiger partial charge is 0.497 e. The number of nitrogens with one attached hydrogen (secondary N) is 1. The molecule has 0 fully saturated rings. The van der Waals surface area contributed by atoms with Crippen molar-refractivity contribution in [3.63, 3.8) is 0 Å². The van der Waals surface area contributed by atoms with E-state index in [0.717, 1.165) is 0 Å². The van der Waals surface area contributed by atoms with Crippen LogP contribution in [0.15, 0.2) is 47.4 Å². The number of methoxy groups -OCH3 is 2. The van der Waals surface area contributed by atoms with E-state index in [4.69, 9.17) is 16.3 Å². The first-order valence-electron chi connectivity index (χ1n) is 7.88.